The highest BCUT2D eigenvalue weighted by Crippen LogP contribution is 2.48. The average molecular weight is 925 g/mol. The van der Waals surface area contributed by atoms with Crippen LogP contribution in [-0.2, 0) is 0 Å². The van der Waals surface area contributed by atoms with Gasteiger partial charge < -0.3 is 0 Å². The monoisotopic (exact) mass is 924 g/mol. The molecule has 70 heavy (non-hydrogen) atoms. The van der Waals surface area contributed by atoms with Crippen LogP contribution in [0.25, 0.3) is 108 Å². The Hall–Kier alpha value is -8.14. The highest BCUT2D eigenvalue weighted by atomic mass is 32.1. The molecule has 10 aromatic carbocycles. The Morgan fingerprint density at radius 2 is 0.814 bits per heavy atom. The van der Waals surface area contributed by atoms with Crippen molar-refractivity contribution in [3.8, 4) is 53.6 Å². The third-order valence-electron chi connectivity index (χ3n) is 14.7. The molecule has 2 heteroatoms. The van der Waals surface area contributed by atoms with Crippen LogP contribution < -0.4 is 10.4 Å². The minimum atomic E-state index is 0.249. The van der Waals surface area contributed by atoms with Crippen molar-refractivity contribution >= 4 is 76.9 Å². The zero-order valence-electron chi connectivity index (χ0n) is 38.3. The molecule has 0 saturated carbocycles. The van der Waals surface area contributed by atoms with Gasteiger partial charge in [-0.1, -0.05) is 206 Å². The Morgan fingerprint density at radius 1 is 0.329 bits per heavy atom. The predicted molar refractivity (Wildman–Crippen MR) is 302 cm³/mol. The van der Waals surface area contributed by atoms with Crippen LogP contribution in [0.4, 0.5) is 0 Å². The first-order chi connectivity index (χ1) is 34.7. The summed E-state index contributed by atoms with van der Waals surface area (Å²) in [6.45, 7) is 0. The van der Waals surface area contributed by atoms with E-state index in [-0.39, 0.29) is 5.92 Å². The van der Waals surface area contributed by atoms with Crippen molar-refractivity contribution < 1.29 is 0 Å². The van der Waals surface area contributed by atoms with Gasteiger partial charge in [-0.05, 0) is 164 Å². The van der Waals surface area contributed by atoms with Crippen molar-refractivity contribution in [2.75, 3.05) is 0 Å². The lowest BCUT2D eigenvalue weighted by Crippen LogP contribution is -2.37. The number of benzene rings is 10. The molecule has 328 valence electrons. The van der Waals surface area contributed by atoms with Crippen LogP contribution in [0.2, 0.25) is 0 Å². The van der Waals surface area contributed by atoms with E-state index in [1.165, 1.54) is 134 Å². The minimum Gasteiger partial charge on any atom is -0.136 e. The normalized spacial score (nSPS) is 14.3. The van der Waals surface area contributed by atoms with Gasteiger partial charge >= 0.3 is 0 Å². The van der Waals surface area contributed by atoms with Crippen molar-refractivity contribution in [2.45, 2.75) is 6.42 Å². The van der Waals surface area contributed by atoms with Gasteiger partial charge in [0.05, 0.1) is 0 Å². The molecule has 0 N–H and O–H groups in total. The molecule has 2 heterocycles. The van der Waals surface area contributed by atoms with Crippen LogP contribution >= 0.6 is 22.7 Å². The number of hydrogen-bond donors (Lipinski definition) is 0. The SMILES string of the molecule is C1=CCC2C(=C1)C(c1ccc(-c3ccc(-c4ccccc4)s3)cc1)=c1ccccc1=C2c1ccc(-c2ccc3c(-c4ccc5ccccc5c4)c4ccccc4c(-c4ccc5ccccc5c4)c3c2)s1. The molecule has 0 bridgehead atoms. The van der Waals surface area contributed by atoms with Gasteiger partial charge in [-0.2, -0.15) is 0 Å². The first-order valence-corrected chi connectivity index (χ1v) is 25.9. The van der Waals surface area contributed by atoms with E-state index in [2.05, 4.69) is 249 Å². The minimum absolute atomic E-state index is 0.249. The number of allylic oxidation sites excluding steroid dienone is 4. The summed E-state index contributed by atoms with van der Waals surface area (Å²) in [6, 6.07) is 86.0. The fourth-order valence-electron chi connectivity index (χ4n) is 11.4. The van der Waals surface area contributed by atoms with E-state index in [1.54, 1.807) is 0 Å². The lowest BCUT2D eigenvalue weighted by molar-refractivity contribution is 0.800. The van der Waals surface area contributed by atoms with Crippen LogP contribution in [0.1, 0.15) is 16.9 Å². The summed E-state index contributed by atoms with van der Waals surface area (Å²) in [5, 5.41) is 12.7. The summed E-state index contributed by atoms with van der Waals surface area (Å²) in [6.07, 6.45) is 7.97. The molecule has 0 spiro atoms. The van der Waals surface area contributed by atoms with Crippen molar-refractivity contribution in [2.24, 2.45) is 5.92 Å². The summed E-state index contributed by atoms with van der Waals surface area (Å²) in [5.41, 5.74) is 14.2. The van der Waals surface area contributed by atoms with Crippen molar-refractivity contribution in [1.29, 1.82) is 0 Å². The fraction of sp³-hybridized carbons (Fsp3) is 0.0294. The standard InChI is InChI=1S/C68H44S2/c1-2-16-45(17-3-1)61-36-37-62(69-61)46-28-30-47(31-29-46)65-55-22-10-12-24-57(55)68(58-25-13-11-23-56(58)65)64-39-38-63(70-64)50-34-35-59-60(42-50)67(52-33-27-44-15-5-7-19-49(44)41-52)54-21-9-8-20-53(54)66(59)51-32-26-43-14-4-6-18-48(43)40-51/h1-24,26-42,58H,25H2. The average Bonchev–Trinajstić information content (AvgIpc) is 4.14. The van der Waals surface area contributed by atoms with Crippen LogP contribution in [0.15, 0.2) is 254 Å². The third kappa shape index (κ3) is 6.86. The molecule has 0 nitrogen and oxygen atoms in total. The second-order valence-electron chi connectivity index (χ2n) is 18.6. The Labute approximate surface area is 415 Å². The molecular weight excluding hydrogens is 881 g/mol. The van der Waals surface area contributed by atoms with E-state index in [4.69, 9.17) is 0 Å². The molecule has 2 aromatic heterocycles. The Morgan fingerprint density at radius 3 is 1.50 bits per heavy atom. The highest BCUT2D eigenvalue weighted by molar-refractivity contribution is 7.18. The molecule has 0 amide bonds. The van der Waals surface area contributed by atoms with E-state index in [9.17, 15) is 0 Å². The maximum absolute atomic E-state index is 2.48. The van der Waals surface area contributed by atoms with E-state index >= 15 is 0 Å². The fourth-order valence-corrected chi connectivity index (χ4v) is 13.5. The Bertz CT molecular complexity index is 4250. The molecule has 2 aliphatic carbocycles. The largest absolute Gasteiger partial charge is 0.136 e. The van der Waals surface area contributed by atoms with Gasteiger partial charge in [-0.3, -0.25) is 0 Å². The summed E-state index contributed by atoms with van der Waals surface area (Å²) >= 11 is 3.79. The predicted octanol–water partition coefficient (Wildman–Crippen LogP) is 17.7. The van der Waals surface area contributed by atoms with Gasteiger partial charge in [-0.15, -0.1) is 22.7 Å². The van der Waals surface area contributed by atoms with E-state index in [0.717, 1.165) is 6.42 Å². The molecule has 0 radical (unpaired) electrons. The van der Waals surface area contributed by atoms with E-state index < -0.39 is 0 Å². The van der Waals surface area contributed by atoms with E-state index in [0.29, 0.717) is 0 Å². The molecule has 0 saturated heterocycles. The maximum atomic E-state index is 2.48. The van der Waals surface area contributed by atoms with Crippen molar-refractivity contribution in [1.82, 2.24) is 0 Å². The van der Waals surface area contributed by atoms with Crippen LogP contribution in [0.3, 0.4) is 0 Å². The lowest BCUT2D eigenvalue weighted by atomic mass is 9.74. The number of hydrogen-bond acceptors (Lipinski definition) is 2. The molecule has 12 aromatic rings. The number of thiophene rings is 2. The smallest absolute Gasteiger partial charge is 0.0349 e. The third-order valence-corrected chi connectivity index (χ3v) is 17.0. The Kier molecular flexibility index (Phi) is 9.83. The highest BCUT2D eigenvalue weighted by Gasteiger charge is 2.30. The second kappa shape index (κ2) is 16.8. The molecule has 14 rings (SSSR count). The molecular formula is C68H44S2. The summed E-state index contributed by atoms with van der Waals surface area (Å²) in [7, 11) is 0. The summed E-state index contributed by atoms with van der Waals surface area (Å²) in [5.74, 6) is 0.249. The molecule has 0 aliphatic heterocycles. The topological polar surface area (TPSA) is 0 Å². The van der Waals surface area contributed by atoms with Gasteiger partial charge in [0.2, 0.25) is 0 Å². The van der Waals surface area contributed by atoms with Crippen LogP contribution in [0, 0.1) is 5.92 Å². The summed E-state index contributed by atoms with van der Waals surface area (Å²) in [4.78, 5) is 5.19. The first kappa shape index (κ1) is 40.9. The van der Waals surface area contributed by atoms with Crippen LogP contribution in [0.5, 0.6) is 0 Å². The zero-order chi connectivity index (χ0) is 46.1. The van der Waals surface area contributed by atoms with Gasteiger partial charge in [0, 0.05) is 25.4 Å². The van der Waals surface area contributed by atoms with Crippen molar-refractivity contribution in [3.05, 3.63) is 275 Å². The maximum Gasteiger partial charge on any atom is 0.0349 e. The van der Waals surface area contributed by atoms with Gasteiger partial charge in [-0.25, -0.2) is 0 Å². The van der Waals surface area contributed by atoms with Gasteiger partial charge in [0.1, 0.15) is 0 Å². The zero-order valence-corrected chi connectivity index (χ0v) is 39.9. The molecule has 2 aliphatic rings. The molecule has 0 fully saturated rings. The van der Waals surface area contributed by atoms with Crippen LogP contribution in [-0.4, -0.2) is 0 Å². The van der Waals surface area contributed by atoms with Gasteiger partial charge in [0.15, 0.2) is 0 Å². The van der Waals surface area contributed by atoms with Gasteiger partial charge in [0.25, 0.3) is 0 Å². The number of rotatable bonds is 7. The Balaban J connectivity index is 0.923. The first-order valence-electron chi connectivity index (χ1n) is 24.2. The second-order valence-corrected chi connectivity index (χ2v) is 20.8. The lowest BCUT2D eigenvalue weighted by Gasteiger charge is -2.30. The quantitative estimate of drug-likeness (QED) is 0.140. The number of fused-ring (bicyclic) bond motifs is 6. The molecule has 1 unspecified atom stereocenters. The van der Waals surface area contributed by atoms with Crippen molar-refractivity contribution in [3.63, 3.8) is 0 Å². The molecule has 1 atom stereocenters. The summed E-state index contributed by atoms with van der Waals surface area (Å²) < 4.78 is 0. The van der Waals surface area contributed by atoms with E-state index in [1.807, 2.05) is 22.7 Å².